The maximum atomic E-state index is 2.25. The van der Waals surface area contributed by atoms with Gasteiger partial charge in [-0.15, -0.1) is 11.4 Å². The first kappa shape index (κ1) is 14.5. The number of hydrogen-bond acceptors (Lipinski definition) is 1. The smallest absolute Gasteiger partial charge is 0.0875 e. The molecular formula is C7H19ClNPS. The molecule has 0 aliphatic heterocycles. The van der Waals surface area contributed by atoms with E-state index in [2.05, 4.69) is 39.4 Å². The number of quaternary nitrogens is 1. The van der Waals surface area contributed by atoms with Crippen LogP contribution in [-0.2, 0) is 0 Å². The van der Waals surface area contributed by atoms with Gasteiger partial charge in [0.25, 0.3) is 0 Å². The highest BCUT2D eigenvalue weighted by atomic mass is 35.5. The van der Waals surface area contributed by atoms with Crippen LogP contribution in [0.25, 0.3) is 0 Å². The maximum absolute atomic E-state index is 2.25. The van der Waals surface area contributed by atoms with Gasteiger partial charge in [-0.3, -0.25) is 0 Å². The molecule has 0 aromatic heterocycles. The van der Waals surface area contributed by atoms with Crippen LogP contribution in [0.1, 0.15) is 6.92 Å². The molecule has 0 aliphatic carbocycles. The molecule has 1 nitrogen and oxygen atoms in total. The number of hydrogen-bond donors (Lipinski definition) is 0. The Hall–Kier alpha value is 1.03. The topological polar surface area (TPSA) is 0 Å². The van der Waals surface area contributed by atoms with Crippen molar-refractivity contribution in [2.24, 2.45) is 0 Å². The Labute approximate surface area is 82.8 Å². The number of nitrogens with zero attached hydrogens (tertiary/aromatic N) is 1. The summed E-state index contributed by atoms with van der Waals surface area (Å²) in [5.41, 5.74) is 0. The first-order valence-corrected chi connectivity index (χ1v) is 6.63. The minimum absolute atomic E-state index is 0. The first-order chi connectivity index (χ1) is 4.56. The standard InChI is InChI=1S/C7H19NPS.ClH/c1-5-9-10-7-6-8(2,3)4;/h9H,5-7H2,1-4H3;1H/q+1;/p-1. The Morgan fingerprint density at radius 3 is 2.18 bits per heavy atom. The molecular weight excluding hydrogens is 197 g/mol. The normalized spacial score (nSPS) is 12.0. The van der Waals surface area contributed by atoms with Crippen LogP contribution >= 0.6 is 19.2 Å². The zero-order chi connectivity index (χ0) is 8.04. The lowest BCUT2D eigenvalue weighted by Crippen LogP contribution is -3.00. The summed E-state index contributed by atoms with van der Waals surface area (Å²) in [6.07, 6.45) is 1.34. The van der Waals surface area contributed by atoms with Crippen molar-refractivity contribution < 1.29 is 16.9 Å². The van der Waals surface area contributed by atoms with Gasteiger partial charge in [-0.1, -0.05) is 14.7 Å². The predicted octanol–water partition coefficient (Wildman–Crippen LogP) is -0.957. The van der Waals surface area contributed by atoms with Gasteiger partial charge < -0.3 is 16.9 Å². The molecule has 0 aromatic carbocycles. The van der Waals surface area contributed by atoms with Gasteiger partial charge in [0, 0.05) is 5.75 Å². The predicted molar refractivity (Wildman–Crippen MR) is 54.2 cm³/mol. The summed E-state index contributed by atoms with van der Waals surface area (Å²) in [5, 5.41) is 0. The molecule has 4 heteroatoms. The summed E-state index contributed by atoms with van der Waals surface area (Å²) >= 11 is 2.09. The fourth-order valence-corrected chi connectivity index (χ4v) is 2.80. The average molecular weight is 216 g/mol. The molecule has 0 fully saturated rings. The molecule has 1 unspecified atom stereocenters. The van der Waals surface area contributed by atoms with Crippen molar-refractivity contribution in [1.29, 1.82) is 0 Å². The summed E-state index contributed by atoms with van der Waals surface area (Å²) in [6.45, 7) is 3.54. The molecule has 1 atom stereocenters. The van der Waals surface area contributed by atoms with Crippen LogP contribution in [0.5, 0.6) is 0 Å². The molecule has 0 amide bonds. The highest BCUT2D eigenvalue weighted by Crippen LogP contribution is 2.27. The summed E-state index contributed by atoms with van der Waals surface area (Å²) in [4.78, 5) is 0. The third-order valence-corrected chi connectivity index (χ3v) is 4.08. The molecule has 0 rings (SSSR count). The van der Waals surface area contributed by atoms with E-state index in [1.165, 1.54) is 18.5 Å². The van der Waals surface area contributed by atoms with E-state index in [4.69, 9.17) is 0 Å². The van der Waals surface area contributed by atoms with E-state index in [-0.39, 0.29) is 12.4 Å². The molecule has 0 spiro atoms. The van der Waals surface area contributed by atoms with Gasteiger partial charge in [-0.2, -0.15) is 0 Å². The van der Waals surface area contributed by atoms with Crippen molar-refractivity contribution in [2.45, 2.75) is 6.92 Å². The van der Waals surface area contributed by atoms with Gasteiger partial charge >= 0.3 is 0 Å². The summed E-state index contributed by atoms with van der Waals surface area (Å²) in [7, 11) is 7.84. The van der Waals surface area contributed by atoms with E-state index in [9.17, 15) is 0 Å². The second-order valence-electron chi connectivity index (χ2n) is 3.36. The van der Waals surface area contributed by atoms with Crippen LogP contribution in [0, 0.1) is 0 Å². The van der Waals surface area contributed by atoms with Crippen LogP contribution in [-0.4, -0.2) is 44.1 Å². The van der Waals surface area contributed by atoms with Crippen LogP contribution in [0.2, 0.25) is 0 Å². The van der Waals surface area contributed by atoms with Crippen molar-refractivity contribution in [1.82, 2.24) is 0 Å². The number of halogens is 1. The van der Waals surface area contributed by atoms with E-state index in [0.29, 0.717) is 0 Å². The second-order valence-corrected chi connectivity index (χ2v) is 6.79. The van der Waals surface area contributed by atoms with Crippen molar-refractivity contribution in [3.05, 3.63) is 0 Å². The summed E-state index contributed by atoms with van der Waals surface area (Å²) < 4.78 is 1.10. The molecule has 0 bridgehead atoms. The zero-order valence-corrected chi connectivity index (χ0v) is 10.4. The van der Waals surface area contributed by atoms with Crippen LogP contribution in [0.3, 0.4) is 0 Å². The fraction of sp³-hybridized carbons (Fsp3) is 1.00. The van der Waals surface area contributed by atoms with Gasteiger partial charge in [0.05, 0.1) is 27.7 Å². The van der Waals surface area contributed by atoms with Gasteiger partial charge in [0.15, 0.2) is 0 Å². The van der Waals surface area contributed by atoms with Crippen LogP contribution in [0.4, 0.5) is 0 Å². The Bertz CT molecular complexity index is 85.0. The van der Waals surface area contributed by atoms with E-state index < -0.39 is 0 Å². The lowest BCUT2D eigenvalue weighted by Gasteiger charge is -2.23. The second kappa shape index (κ2) is 7.67. The highest BCUT2D eigenvalue weighted by molar-refractivity contribution is 8.49. The maximum Gasteiger partial charge on any atom is 0.0875 e. The number of rotatable bonds is 5. The lowest BCUT2D eigenvalue weighted by atomic mass is 10.6. The third-order valence-electron chi connectivity index (χ3n) is 1.11. The zero-order valence-electron chi connectivity index (χ0n) is 7.85. The molecule has 0 aromatic rings. The molecule has 0 saturated carbocycles. The Morgan fingerprint density at radius 2 is 1.82 bits per heavy atom. The van der Waals surface area contributed by atoms with Crippen LogP contribution < -0.4 is 12.4 Å². The van der Waals surface area contributed by atoms with Crippen molar-refractivity contribution in [3.63, 3.8) is 0 Å². The molecule has 70 valence electrons. The largest absolute Gasteiger partial charge is 1.00 e. The van der Waals surface area contributed by atoms with E-state index in [1.54, 1.807) is 0 Å². The quantitative estimate of drug-likeness (QED) is 0.324. The third kappa shape index (κ3) is 13.9. The van der Waals surface area contributed by atoms with Crippen molar-refractivity contribution >= 4 is 19.2 Å². The SMILES string of the molecule is CCPSCC[N+](C)(C)C.[Cl-]. The molecule has 0 heterocycles. The van der Waals surface area contributed by atoms with Gasteiger partial charge in [-0.05, 0) is 6.16 Å². The Kier molecular flexibility index (Phi) is 10.1. The molecule has 0 aliphatic rings. The van der Waals surface area contributed by atoms with Crippen LogP contribution in [0.15, 0.2) is 0 Å². The average Bonchev–Trinajstić information content (AvgIpc) is 1.78. The molecule has 0 N–H and O–H groups in total. The fourth-order valence-electron chi connectivity index (χ4n) is 0.494. The van der Waals surface area contributed by atoms with Crippen molar-refractivity contribution in [3.8, 4) is 0 Å². The van der Waals surface area contributed by atoms with Gasteiger partial charge in [0.2, 0.25) is 0 Å². The van der Waals surface area contributed by atoms with Crippen molar-refractivity contribution in [2.75, 3.05) is 39.6 Å². The van der Waals surface area contributed by atoms with E-state index in [1.807, 2.05) is 0 Å². The minimum atomic E-state index is 0. The minimum Gasteiger partial charge on any atom is -1.00 e. The van der Waals surface area contributed by atoms with Gasteiger partial charge in [-0.25, -0.2) is 0 Å². The van der Waals surface area contributed by atoms with Gasteiger partial charge in [0.1, 0.15) is 0 Å². The first-order valence-electron chi connectivity index (χ1n) is 3.71. The molecule has 0 radical (unpaired) electrons. The Balaban J connectivity index is 0. The summed E-state index contributed by atoms with van der Waals surface area (Å²) in [6, 6.07) is 0. The lowest BCUT2D eigenvalue weighted by molar-refractivity contribution is -0.867. The summed E-state index contributed by atoms with van der Waals surface area (Å²) in [5.74, 6) is 1.32. The monoisotopic (exact) mass is 215 g/mol. The van der Waals surface area contributed by atoms with E-state index >= 15 is 0 Å². The highest BCUT2D eigenvalue weighted by Gasteiger charge is 2.04. The molecule has 11 heavy (non-hydrogen) atoms. The Morgan fingerprint density at radius 1 is 1.27 bits per heavy atom. The van der Waals surface area contributed by atoms with E-state index in [0.717, 1.165) is 12.3 Å². The molecule has 0 saturated heterocycles.